The van der Waals surface area contributed by atoms with Crippen LogP contribution in [0.2, 0.25) is 0 Å². The second-order valence-corrected chi connectivity index (χ2v) is 7.73. The van der Waals surface area contributed by atoms with E-state index in [4.69, 9.17) is 10.7 Å². The van der Waals surface area contributed by atoms with E-state index in [1.165, 1.54) is 32.1 Å². The summed E-state index contributed by atoms with van der Waals surface area (Å²) in [5.74, 6) is 1.24. The highest BCUT2D eigenvalue weighted by Crippen LogP contribution is 2.25. The number of piperidine rings is 1. The predicted octanol–water partition coefficient (Wildman–Crippen LogP) is 2.32. The van der Waals surface area contributed by atoms with Crippen molar-refractivity contribution in [1.82, 2.24) is 10.3 Å². The molecule has 0 aromatic carbocycles. The van der Waals surface area contributed by atoms with Crippen LogP contribution in [0.1, 0.15) is 63.1 Å². The van der Waals surface area contributed by atoms with Gasteiger partial charge in [0.2, 0.25) is 0 Å². The molecule has 3 rings (SSSR count). The number of hydrogen-bond donors (Lipinski definition) is 3. The zero-order valence-electron chi connectivity index (χ0n) is 16.1. The molecule has 26 heavy (non-hydrogen) atoms. The summed E-state index contributed by atoms with van der Waals surface area (Å²) in [5.41, 5.74) is 7.90. The van der Waals surface area contributed by atoms with Crippen molar-refractivity contribution in [2.24, 2.45) is 10.7 Å². The van der Waals surface area contributed by atoms with Crippen molar-refractivity contribution in [2.75, 3.05) is 18.0 Å². The number of aryl methyl sites for hydroxylation is 1. The number of aliphatic hydroxyl groups excluding tert-OH is 1. The Hall–Kier alpha value is -1.66. The zero-order chi connectivity index (χ0) is 18.5. The van der Waals surface area contributed by atoms with E-state index in [0.29, 0.717) is 17.9 Å². The Morgan fingerprint density at radius 3 is 2.50 bits per heavy atom. The molecule has 2 heterocycles. The van der Waals surface area contributed by atoms with Gasteiger partial charge in [-0.1, -0.05) is 19.3 Å². The molecule has 1 aromatic rings. The predicted molar refractivity (Wildman–Crippen MR) is 107 cm³/mol. The fraction of sp³-hybridized carbons (Fsp3) is 0.700. The quantitative estimate of drug-likeness (QED) is 0.555. The summed E-state index contributed by atoms with van der Waals surface area (Å²) in [4.78, 5) is 11.1. The third-order valence-electron chi connectivity index (χ3n) is 5.49. The molecule has 1 atom stereocenters. The molecule has 0 radical (unpaired) electrons. The average Bonchev–Trinajstić information content (AvgIpc) is 2.62. The molecule has 0 spiro atoms. The van der Waals surface area contributed by atoms with E-state index in [0.717, 1.165) is 43.0 Å². The first kappa shape index (κ1) is 19.1. The van der Waals surface area contributed by atoms with Gasteiger partial charge in [-0.2, -0.15) is 0 Å². The van der Waals surface area contributed by atoms with Crippen molar-refractivity contribution in [3.05, 3.63) is 23.4 Å². The summed E-state index contributed by atoms with van der Waals surface area (Å²) >= 11 is 0. The summed E-state index contributed by atoms with van der Waals surface area (Å²) in [6.45, 7) is 5.54. The van der Waals surface area contributed by atoms with Crippen molar-refractivity contribution >= 4 is 11.7 Å². The minimum Gasteiger partial charge on any atom is -0.383 e. The van der Waals surface area contributed by atoms with Crippen LogP contribution in [-0.4, -0.2) is 47.3 Å². The van der Waals surface area contributed by atoms with Gasteiger partial charge in [0, 0.05) is 30.9 Å². The highest BCUT2D eigenvalue weighted by molar-refractivity contribution is 6.01. The first-order valence-electron chi connectivity index (χ1n) is 10.0. The second kappa shape index (κ2) is 8.82. The lowest BCUT2D eigenvalue weighted by atomic mass is 9.93. The Balaban J connectivity index is 1.66. The molecule has 2 aliphatic rings. The molecule has 1 aromatic heterocycles. The number of rotatable bonds is 5. The summed E-state index contributed by atoms with van der Waals surface area (Å²) in [7, 11) is 0. The van der Waals surface area contributed by atoms with Crippen LogP contribution in [0.15, 0.2) is 17.1 Å². The molecule has 1 saturated carbocycles. The van der Waals surface area contributed by atoms with Gasteiger partial charge in [-0.05, 0) is 51.7 Å². The summed E-state index contributed by atoms with van der Waals surface area (Å²) in [5, 5.41) is 13.4. The van der Waals surface area contributed by atoms with Crippen LogP contribution in [0.3, 0.4) is 0 Å². The average molecular weight is 360 g/mol. The molecule has 6 heteroatoms. The highest BCUT2D eigenvalue weighted by atomic mass is 16.3. The molecule has 1 aliphatic heterocycles. The topological polar surface area (TPSA) is 86.8 Å². The molecule has 6 nitrogen and oxygen atoms in total. The molecule has 4 N–H and O–H groups in total. The summed E-state index contributed by atoms with van der Waals surface area (Å²) < 4.78 is 0. The normalized spacial score (nSPS) is 21.8. The lowest BCUT2D eigenvalue weighted by molar-refractivity contribution is 0.205. The Labute approximate surface area is 156 Å². The maximum Gasteiger partial charge on any atom is 0.144 e. The van der Waals surface area contributed by atoms with Gasteiger partial charge >= 0.3 is 0 Å². The first-order valence-corrected chi connectivity index (χ1v) is 10.0. The van der Waals surface area contributed by atoms with Crippen LogP contribution in [0, 0.1) is 6.92 Å². The van der Waals surface area contributed by atoms with Gasteiger partial charge in [-0.3, -0.25) is 0 Å². The molecule has 2 fully saturated rings. The largest absolute Gasteiger partial charge is 0.383 e. The van der Waals surface area contributed by atoms with Crippen LogP contribution in [-0.2, 0) is 0 Å². The fourth-order valence-corrected chi connectivity index (χ4v) is 4.12. The number of anilines is 1. The Morgan fingerprint density at radius 1 is 1.19 bits per heavy atom. The molecular weight excluding hydrogens is 326 g/mol. The fourth-order valence-electron chi connectivity index (χ4n) is 4.12. The van der Waals surface area contributed by atoms with Crippen LogP contribution in [0.25, 0.3) is 0 Å². The van der Waals surface area contributed by atoms with Gasteiger partial charge in [-0.15, -0.1) is 0 Å². The molecule has 0 bridgehead atoms. The Morgan fingerprint density at radius 2 is 1.85 bits per heavy atom. The van der Waals surface area contributed by atoms with Gasteiger partial charge in [0.15, 0.2) is 0 Å². The number of nitrogens with two attached hydrogens (primary N) is 1. The van der Waals surface area contributed by atoms with E-state index < -0.39 is 6.23 Å². The highest BCUT2D eigenvalue weighted by Gasteiger charge is 2.25. The van der Waals surface area contributed by atoms with Gasteiger partial charge in [0.05, 0.1) is 5.56 Å². The SMILES string of the molecule is Cc1ccc(C(N)=NC(C)O)c(N2CCC(NC3CCCCC3)CC2)n1. The number of pyridine rings is 1. The van der Waals surface area contributed by atoms with Gasteiger partial charge in [-0.25, -0.2) is 9.98 Å². The number of aromatic nitrogens is 1. The van der Waals surface area contributed by atoms with E-state index in [9.17, 15) is 5.11 Å². The zero-order valence-corrected chi connectivity index (χ0v) is 16.1. The van der Waals surface area contributed by atoms with Crippen molar-refractivity contribution in [2.45, 2.75) is 77.1 Å². The third kappa shape index (κ3) is 4.95. The van der Waals surface area contributed by atoms with Crippen molar-refractivity contribution in [3.63, 3.8) is 0 Å². The van der Waals surface area contributed by atoms with E-state index in [1.54, 1.807) is 6.92 Å². The maximum absolute atomic E-state index is 9.52. The number of nitrogens with zero attached hydrogens (tertiary/aromatic N) is 3. The van der Waals surface area contributed by atoms with Crippen LogP contribution in [0.4, 0.5) is 5.82 Å². The lowest BCUT2D eigenvalue weighted by Gasteiger charge is -2.36. The van der Waals surface area contributed by atoms with Crippen molar-refractivity contribution in [1.29, 1.82) is 0 Å². The van der Waals surface area contributed by atoms with E-state index >= 15 is 0 Å². The second-order valence-electron chi connectivity index (χ2n) is 7.73. The van der Waals surface area contributed by atoms with Gasteiger partial charge < -0.3 is 21.1 Å². The van der Waals surface area contributed by atoms with Crippen molar-refractivity contribution in [3.8, 4) is 0 Å². The molecule has 1 aliphatic carbocycles. The van der Waals surface area contributed by atoms with E-state index in [-0.39, 0.29) is 0 Å². The number of aliphatic imine (C=N–C) groups is 1. The third-order valence-corrected chi connectivity index (χ3v) is 5.49. The number of hydrogen-bond acceptors (Lipinski definition) is 5. The number of amidine groups is 1. The minimum absolute atomic E-state index is 0.352. The number of aliphatic hydroxyl groups is 1. The van der Waals surface area contributed by atoms with Crippen LogP contribution in [0.5, 0.6) is 0 Å². The van der Waals surface area contributed by atoms with Crippen molar-refractivity contribution < 1.29 is 5.11 Å². The maximum atomic E-state index is 9.52. The lowest BCUT2D eigenvalue weighted by Crippen LogP contribution is -2.47. The molecule has 0 amide bonds. The van der Waals surface area contributed by atoms with E-state index in [1.807, 2.05) is 19.1 Å². The monoisotopic (exact) mass is 359 g/mol. The summed E-state index contributed by atoms with van der Waals surface area (Å²) in [6, 6.07) is 5.22. The van der Waals surface area contributed by atoms with Gasteiger partial charge in [0.1, 0.15) is 17.9 Å². The Kier molecular flexibility index (Phi) is 6.48. The summed E-state index contributed by atoms with van der Waals surface area (Å²) in [6.07, 6.45) is 8.23. The molecular formula is C20H33N5O. The first-order chi connectivity index (χ1) is 12.5. The minimum atomic E-state index is -0.811. The molecule has 144 valence electrons. The standard InChI is InChI=1S/C20H33N5O/c1-14-8-9-18(19(21)23-15(2)26)20(22-14)25-12-10-17(11-13-25)24-16-6-4-3-5-7-16/h8-9,15-17,24,26H,3-7,10-13H2,1-2H3,(H2,21,23). The Bertz CT molecular complexity index is 617. The molecule has 1 unspecified atom stereocenters. The molecule has 1 saturated heterocycles. The van der Waals surface area contributed by atoms with Crippen LogP contribution < -0.4 is 16.0 Å². The van der Waals surface area contributed by atoms with Crippen LogP contribution >= 0.6 is 0 Å². The van der Waals surface area contributed by atoms with Gasteiger partial charge in [0.25, 0.3) is 0 Å². The number of nitrogens with one attached hydrogen (secondary N) is 1. The smallest absolute Gasteiger partial charge is 0.144 e. The van der Waals surface area contributed by atoms with E-state index in [2.05, 4.69) is 15.2 Å².